The van der Waals surface area contributed by atoms with Crippen LogP contribution in [0.4, 0.5) is 0 Å². The van der Waals surface area contributed by atoms with E-state index >= 15 is 0 Å². The van der Waals surface area contributed by atoms with Gasteiger partial charge < -0.3 is 8.97 Å². The Kier molecular flexibility index (Phi) is 3.69. The molecule has 37 heavy (non-hydrogen) atoms. The average Bonchev–Trinajstić information content (AvgIpc) is 3.60. The molecule has 5 heterocycles. The summed E-state index contributed by atoms with van der Waals surface area (Å²) in [5.74, 6) is 0. The molecule has 8 aromatic rings. The average molecular weight is 604 g/mol. The van der Waals surface area contributed by atoms with Gasteiger partial charge in [0.15, 0.2) is 0 Å². The number of aromatic nitrogens is 3. The summed E-state index contributed by atoms with van der Waals surface area (Å²) in [5.41, 5.74) is 10.5. The zero-order valence-corrected chi connectivity index (χ0v) is 23.6. The van der Waals surface area contributed by atoms with E-state index in [1.807, 2.05) is 0 Å². The molecule has 5 heteroatoms. The van der Waals surface area contributed by atoms with Gasteiger partial charge >= 0.3 is 0 Å². The van der Waals surface area contributed by atoms with Crippen molar-refractivity contribution in [3.63, 3.8) is 0 Å². The highest BCUT2D eigenvalue weighted by Crippen LogP contribution is 2.46. The lowest BCUT2D eigenvalue weighted by atomic mass is 10.1. The zero-order chi connectivity index (χ0) is 24.6. The van der Waals surface area contributed by atoms with Crippen LogP contribution in [0, 0.1) is 0 Å². The van der Waals surface area contributed by atoms with E-state index < -0.39 is 8.07 Å². The smallest absolute Gasteiger partial charge is 0.116 e. The second kappa shape index (κ2) is 6.65. The summed E-state index contributed by atoms with van der Waals surface area (Å²) in [5, 5.41) is 8.62. The van der Waals surface area contributed by atoms with Crippen molar-refractivity contribution in [1.29, 1.82) is 0 Å². The number of para-hydroxylation sites is 1. The molecule has 0 radical (unpaired) electrons. The third-order valence-electron chi connectivity index (χ3n) is 8.70. The maximum Gasteiger partial charge on any atom is 0.116 e. The predicted octanol–water partition coefficient (Wildman–Crippen LogP) is 7.58. The summed E-state index contributed by atoms with van der Waals surface area (Å²) < 4.78 is 7.36. The van der Waals surface area contributed by atoms with Gasteiger partial charge in [-0.1, -0.05) is 67.7 Å². The number of fused-ring (bicyclic) bond motifs is 8. The molecule has 0 fully saturated rings. The van der Waals surface area contributed by atoms with Crippen molar-refractivity contribution in [2.75, 3.05) is 0 Å². The van der Waals surface area contributed by atoms with Crippen LogP contribution in [0.25, 0.3) is 66.1 Å². The Balaban J connectivity index is 1.67. The second-order valence-electron chi connectivity index (χ2n) is 10.8. The molecule has 9 rings (SSSR count). The van der Waals surface area contributed by atoms with E-state index in [0.717, 1.165) is 0 Å². The van der Waals surface area contributed by atoms with Crippen LogP contribution in [0.2, 0.25) is 13.1 Å². The predicted molar refractivity (Wildman–Crippen MR) is 168 cm³/mol. The highest BCUT2D eigenvalue weighted by Gasteiger charge is 2.41. The first-order valence-electron chi connectivity index (χ1n) is 12.8. The van der Waals surface area contributed by atoms with Crippen LogP contribution < -0.4 is 10.4 Å². The maximum atomic E-state index is 2.62. The molecule has 0 aliphatic carbocycles. The van der Waals surface area contributed by atoms with Gasteiger partial charge in [-0.25, -0.2) is 0 Å². The molecule has 1 aliphatic heterocycles. The van der Waals surface area contributed by atoms with Crippen molar-refractivity contribution >= 4 is 90.4 Å². The lowest BCUT2D eigenvalue weighted by Crippen LogP contribution is -2.49. The van der Waals surface area contributed by atoms with Crippen molar-refractivity contribution in [3.05, 3.63) is 97.2 Å². The minimum absolute atomic E-state index is 1.20. The molecular weight excluding hydrogens is 581 g/mol. The molecule has 0 saturated heterocycles. The zero-order valence-electron chi connectivity index (χ0n) is 20.5. The van der Waals surface area contributed by atoms with Gasteiger partial charge in [-0.05, 0) is 57.7 Å². The summed E-state index contributed by atoms with van der Waals surface area (Å²) in [6.45, 7) is 5.07. The number of nitrogens with zero attached hydrogens (tertiary/aromatic N) is 3. The number of halogens is 1. The Morgan fingerprint density at radius 2 is 1.43 bits per heavy atom. The maximum absolute atomic E-state index is 2.62. The van der Waals surface area contributed by atoms with Crippen molar-refractivity contribution in [2.24, 2.45) is 0 Å². The molecule has 0 atom stereocenters. The SMILES string of the molecule is C[Si]1(C)c2ccccc2-c2c1c1cccc3c1c1c(ccc4c5c(ccn5-c5ccccc5)n2c41)n3I. The monoisotopic (exact) mass is 603 g/mol. The molecule has 0 bridgehead atoms. The minimum Gasteiger partial charge on any atom is -0.315 e. The number of rotatable bonds is 1. The van der Waals surface area contributed by atoms with Crippen LogP contribution >= 0.6 is 22.9 Å². The lowest BCUT2D eigenvalue weighted by molar-refractivity contribution is 1.13. The Bertz CT molecular complexity index is 2230. The van der Waals surface area contributed by atoms with Crippen LogP contribution in [0.5, 0.6) is 0 Å². The van der Waals surface area contributed by atoms with Gasteiger partial charge in [-0.2, -0.15) is 0 Å². The summed E-state index contributed by atoms with van der Waals surface area (Å²) >= 11 is 2.50. The standard InChI is InChI=1S/C32H22IN3Si/c1-37(2)26-14-7-6-11-20(26)31-32(37)21-12-8-13-23-27(21)28-24(36(23)33)16-15-22-29-25(35(31)30(22)28)17-18-34(29)19-9-4-3-5-10-19/h3-18H,1-2H3. The Morgan fingerprint density at radius 1 is 0.649 bits per heavy atom. The van der Waals surface area contributed by atoms with Gasteiger partial charge in [-0.15, -0.1) is 0 Å². The van der Waals surface area contributed by atoms with Gasteiger partial charge in [0.25, 0.3) is 0 Å². The van der Waals surface area contributed by atoms with Gasteiger partial charge in [0, 0.05) is 28.0 Å². The molecule has 1 aliphatic rings. The van der Waals surface area contributed by atoms with E-state index in [9.17, 15) is 0 Å². The Hall–Kier alpha value is -3.55. The summed E-state index contributed by atoms with van der Waals surface area (Å²) in [6.07, 6.45) is 2.24. The van der Waals surface area contributed by atoms with Crippen molar-refractivity contribution in [2.45, 2.75) is 13.1 Å². The van der Waals surface area contributed by atoms with Crippen molar-refractivity contribution < 1.29 is 0 Å². The lowest BCUT2D eigenvalue weighted by Gasteiger charge is -2.19. The fourth-order valence-electron chi connectivity index (χ4n) is 7.24. The first kappa shape index (κ1) is 20.5. The normalized spacial score (nSPS) is 14.6. The van der Waals surface area contributed by atoms with Crippen LogP contribution in [0.3, 0.4) is 0 Å². The van der Waals surface area contributed by atoms with E-state index in [0.29, 0.717) is 0 Å². The van der Waals surface area contributed by atoms with Crippen LogP contribution in [0.1, 0.15) is 0 Å². The highest BCUT2D eigenvalue weighted by atomic mass is 127. The molecular formula is C32H22IN3Si. The Labute approximate surface area is 228 Å². The summed E-state index contributed by atoms with van der Waals surface area (Å²) in [4.78, 5) is 0. The van der Waals surface area contributed by atoms with Crippen LogP contribution in [-0.2, 0) is 0 Å². The van der Waals surface area contributed by atoms with E-state index in [2.05, 4.69) is 145 Å². The topological polar surface area (TPSA) is 14.3 Å². The van der Waals surface area contributed by atoms with E-state index in [4.69, 9.17) is 0 Å². The number of hydrogen-bond donors (Lipinski definition) is 0. The molecule has 4 aromatic carbocycles. The largest absolute Gasteiger partial charge is 0.315 e. The molecule has 176 valence electrons. The Morgan fingerprint density at radius 3 is 2.30 bits per heavy atom. The van der Waals surface area contributed by atoms with Crippen molar-refractivity contribution in [1.82, 2.24) is 11.7 Å². The molecule has 0 spiro atoms. The molecule has 0 saturated carbocycles. The highest BCUT2D eigenvalue weighted by molar-refractivity contribution is 14.1. The van der Waals surface area contributed by atoms with Crippen LogP contribution in [-0.4, -0.2) is 19.8 Å². The van der Waals surface area contributed by atoms with Gasteiger partial charge in [0.1, 0.15) is 8.07 Å². The first-order valence-corrected chi connectivity index (χ1v) is 16.7. The van der Waals surface area contributed by atoms with E-state index in [1.54, 1.807) is 10.4 Å². The second-order valence-corrected chi connectivity index (χ2v) is 16.1. The van der Waals surface area contributed by atoms with Gasteiger partial charge in [-0.3, -0.25) is 2.78 Å². The summed E-state index contributed by atoms with van der Waals surface area (Å²) in [7, 11) is -1.97. The third kappa shape index (κ3) is 2.26. The van der Waals surface area contributed by atoms with Gasteiger partial charge in [0.2, 0.25) is 0 Å². The summed E-state index contributed by atoms with van der Waals surface area (Å²) in [6, 6.07) is 33.8. The first-order chi connectivity index (χ1) is 18.1. The molecule has 0 unspecified atom stereocenters. The quantitative estimate of drug-likeness (QED) is 0.136. The number of hydrogen-bond acceptors (Lipinski definition) is 0. The third-order valence-corrected chi connectivity index (χ3v) is 13.3. The molecule has 0 N–H and O–H groups in total. The fraction of sp³-hybridized carbons (Fsp3) is 0.0625. The van der Waals surface area contributed by atoms with Gasteiger partial charge in [0.05, 0.1) is 56.1 Å². The van der Waals surface area contributed by atoms with E-state index in [1.165, 1.54) is 66.1 Å². The molecule has 3 nitrogen and oxygen atoms in total. The molecule has 0 amide bonds. The van der Waals surface area contributed by atoms with Crippen molar-refractivity contribution in [3.8, 4) is 16.9 Å². The minimum atomic E-state index is -1.97. The van der Waals surface area contributed by atoms with E-state index in [-0.39, 0.29) is 0 Å². The van der Waals surface area contributed by atoms with Crippen LogP contribution in [0.15, 0.2) is 97.2 Å². The fourth-order valence-corrected chi connectivity index (χ4v) is 11.4. The molecule has 4 aromatic heterocycles. The number of benzene rings is 4.